The van der Waals surface area contributed by atoms with Gasteiger partial charge in [-0.3, -0.25) is 4.90 Å². The maximum absolute atomic E-state index is 9.72. The minimum atomic E-state index is -0.245. The van der Waals surface area contributed by atoms with Crippen LogP contribution in [0.3, 0.4) is 0 Å². The van der Waals surface area contributed by atoms with Crippen molar-refractivity contribution >= 4 is 12.4 Å². The normalized spacial score (nSPS) is 18.4. The number of piperazine rings is 1. The molecule has 0 bridgehead atoms. The van der Waals surface area contributed by atoms with E-state index in [-0.39, 0.29) is 36.2 Å². The number of benzene rings is 1. The summed E-state index contributed by atoms with van der Waals surface area (Å²) in [4.78, 5) is 2.39. The van der Waals surface area contributed by atoms with Crippen LogP contribution >= 0.6 is 12.4 Å². The Morgan fingerprint density at radius 3 is 2.50 bits per heavy atom. The molecule has 0 unspecified atom stereocenters. The van der Waals surface area contributed by atoms with Crippen molar-refractivity contribution < 1.29 is 10.2 Å². The maximum Gasteiger partial charge on any atom is 0.115 e. The second-order valence-corrected chi connectivity index (χ2v) is 5.93. The van der Waals surface area contributed by atoms with Crippen molar-refractivity contribution in [3.05, 3.63) is 29.8 Å². The Hall–Kier alpha value is -0.810. The van der Waals surface area contributed by atoms with Gasteiger partial charge in [-0.15, -0.1) is 12.4 Å². The molecule has 1 saturated heterocycles. The topological polar surface area (TPSA) is 55.7 Å². The third kappa shape index (κ3) is 3.85. The summed E-state index contributed by atoms with van der Waals surface area (Å²) in [5.41, 5.74) is 0.825. The number of hydrogen-bond donors (Lipinski definition) is 3. The van der Waals surface area contributed by atoms with Crippen molar-refractivity contribution in [1.29, 1.82) is 0 Å². The zero-order valence-electron chi connectivity index (χ0n) is 12.2. The van der Waals surface area contributed by atoms with Crippen LogP contribution in [-0.2, 0) is 0 Å². The largest absolute Gasteiger partial charge is 0.508 e. The van der Waals surface area contributed by atoms with Crippen molar-refractivity contribution in [2.75, 3.05) is 32.8 Å². The van der Waals surface area contributed by atoms with E-state index in [1.54, 1.807) is 6.07 Å². The number of phenolic OH excluding ortho intramolecular Hbond substituents is 1. The Kier molecular flexibility index (Phi) is 6.27. The predicted octanol–water partition coefficient (Wildman–Crippen LogP) is 1.78. The Labute approximate surface area is 127 Å². The third-order valence-corrected chi connectivity index (χ3v) is 3.85. The highest BCUT2D eigenvalue weighted by Gasteiger charge is 2.35. The molecule has 1 aromatic carbocycles. The second kappa shape index (κ2) is 7.27. The van der Waals surface area contributed by atoms with Gasteiger partial charge in [0.1, 0.15) is 5.75 Å². The fourth-order valence-corrected chi connectivity index (χ4v) is 2.88. The summed E-state index contributed by atoms with van der Waals surface area (Å²) in [6, 6.07) is 7.51. The molecule has 0 amide bonds. The van der Waals surface area contributed by atoms with Crippen molar-refractivity contribution in [3.8, 4) is 5.75 Å². The molecular weight excluding hydrogens is 276 g/mol. The molecule has 1 atom stereocenters. The van der Waals surface area contributed by atoms with Crippen molar-refractivity contribution in [1.82, 2.24) is 10.2 Å². The van der Waals surface area contributed by atoms with E-state index < -0.39 is 0 Å². The van der Waals surface area contributed by atoms with Gasteiger partial charge >= 0.3 is 0 Å². The van der Waals surface area contributed by atoms with Gasteiger partial charge in [-0.2, -0.15) is 0 Å². The number of rotatable bonds is 4. The van der Waals surface area contributed by atoms with Crippen molar-refractivity contribution in [3.63, 3.8) is 0 Å². The van der Waals surface area contributed by atoms with E-state index in [0.717, 1.165) is 31.7 Å². The van der Waals surface area contributed by atoms with Gasteiger partial charge in [0.2, 0.25) is 0 Å². The highest BCUT2D eigenvalue weighted by molar-refractivity contribution is 5.85. The molecule has 5 heteroatoms. The first-order chi connectivity index (χ1) is 9.04. The Balaban J connectivity index is 0.00000200. The molecule has 1 aromatic rings. The number of nitrogens with zero attached hydrogens (tertiary/aromatic N) is 1. The van der Waals surface area contributed by atoms with Crippen LogP contribution in [0, 0.1) is 5.41 Å². The molecule has 0 saturated carbocycles. The Morgan fingerprint density at radius 2 is 1.95 bits per heavy atom. The van der Waals surface area contributed by atoms with Gasteiger partial charge in [0.15, 0.2) is 0 Å². The monoisotopic (exact) mass is 300 g/mol. The summed E-state index contributed by atoms with van der Waals surface area (Å²) in [6.07, 6.45) is 0. The first kappa shape index (κ1) is 17.2. The van der Waals surface area contributed by atoms with E-state index in [4.69, 9.17) is 0 Å². The minimum Gasteiger partial charge on any atom is -0.508 e. The lowest BCUT2D eigenvalue weighted by atomic mass is 9.79. The summed E-state index contributed by atoms with van der Waals surface area (Å²) in [7, 11) is 0. The van der Waals surface area contributed by atoms with Crippen LogP contribution in [-0.4, -0.2) is 47.9 Å². The van der Waals surface area contributed by atoms with E-state index in [0.29, 0.717) is 0 Å². The first-order valence-corrected chi connectivity index (χ1v) is 6.89. The third-order valence-electron chi connectivity index (χ3n) is 3.85. The molecular formula is C15H25ClN2O2. The SMILES string of the molecule is CC(C)(CO)[C@H](c1cccc(O)c1)N1CCNCC1.Cl. The van der Waals surface area contributed by atoms with Gasteiger partial charge in [-0.1, -0.05) is 26.0 Å². The highest BCUT2D eigenvalue weighted by Crippen LogP contribution is 2.39. The lowest BCUT2D eigenvalue weighted by Crippen LogP contribution is -2.49. The molecule has 1 fully saturated rings. The minimum absolute atomic E-state index is 0. The Bertz CT molecular complexity index is 420. The van der Waals surface area contributed by atoms with Crippen LogP contribution in [0.5, 0.6) is 5.75 Å². The number of aliphatic hydroxyl groups excluding tert-OH is 1. The smallest absolute Gasteiger partial charge is 0.115 e. The first-order valence-electron chi connectivity index (χ1n) is 6.89. The molecule has 1 heterocycles. The molecule has 114 valence electrons. The molecule has 4 nitrogen and oxygen atoms in total. The molecule has 2 rings (SSSR count). The lowest BCUT2D eigenvalue weighted by molar-refractivity contribution is 0.0304. The zero-order valence-corrected chi connectivity index (χ0v) is 13.0. The average molecular weight is 301 g/mol. The molecule has 0 radical (unpaired) electrons. The van der Waals surface area contributed by atoms with Gasteiger partial charge in [-0.25, -0.2) is 0 Å². The lowest BCUT2D eigenvalue weighted by Gasteiger charge is -2.43. The van der Waals surface area contributed by atoms with Crippen molar-refractivity contribution in [2.24, 2.45) is 5.41 Å². The number of phenols is 1. The molecule has 20 heavy (non-hydrogen) atoms. The van der Waals surface area contributed by atoms with E-state index in [1.165, 1.54) is 0 Å². The summed E-state index contributed by atoms with van der Waals surface area (Å²) in [5, 5.41) is 22.8. The van der Waals surface area contributed by atoms with Crippen LogP contribution in [0.1, 0.15) is 25.5 Å². The molecule has 3 N–H and O–H groups in total. The fraction of sp³-hybridized carbons (Fsp3) is 0.600. The zero-order chi connectivity index (χ0) is 13.9. The van der Waals surface area contributed by atoms with Crippen LogP contribution < -0.4 is 5.32 Å². The van der Waals surface area contributed by atoms with Gasteiger partial charge in [0.05, 0.1) is 0 Å². The molecule has 0 spiro atoms. The quantitative estimate of drug-likeness (QED) is 0.793. The summed E-state index contributed by atoms with van der Waals surface area (Å²) in [5.74, 6) is 0.284. The highest BCUT2D eigenvalue weighted by atomic mass is 35.5. The van der Waals surface area contributed by atoms with E-state index in [9.17, 15) is 10.2 Å². The van der Waals surface area contributed by atoms with Gasteiger partial charge in [0.25, 0.3) is 0 Å². The molecule has 0 aliphatic carbocycles. The van der Waals surface area contributed by atoms with Crippen LogP contribution in [0.25, 0.3) is 0 Å². The maximum atomic E-state index is 9.72. The van der Waals surface area contributed by atoms with Crippen LogP contribution in [0.2, 0.25) is 0 Å². The standard InChI is InChI=1S/C15H24N2O2.ClH/c1-15(2,11-18)14(17-8-6-16-7-9-17)12-4-3-5-13(19)10-12;/h3-5,10,14,16,18-19H,6-9,11H2,1-2H3;1H/t14-;/m0./s1. The summed E-state index contributed by atoms with van der Waals surface area (Å²) in [6.45, 7) is 8.13. The Morgan fingerprint density at radius 1 is 1.30 bits per heavy atom. The number of nitrogens with one attached hydrogen (secondary N) is 1. The van der Waals surface area contributed by atoms with E-state index in [2.05, 4.69) is 24.1 Å². The molecule has 1 aliphatic rings. The molecule has 0 aromatic heterocycles. The number of halogens is 1. The van der Waals surface area contributed by atoms with E-state index >= 15 is 0 Å². The summed E-state index contributed by atoms with van der Waals surface area (Å²) >= 11 is 0. The van der Waals surface area contributed by atoms with Gasteiger partial charge < -0.3 is 15.5 Å². The van der Waals surface area contributed by atoms with Gasteiger partial charge in [-0.05, 0) is 17.7 Å². The van der Waals surface area contributed by atoms with Gasteiger partial charge in [0, 0.05) is 44.2 Å². The van der Waals surface area contributed by atoms with Crippen LogP contribution in [0.4, 0.5) is 0 Å². The molecule has 1 aliphatic heterocycles. The van der Waals surface area contributed by atoms with E-state index in [1.807, 2.05) is 18.2 Å². The fourth-order valence-electron chi connectivity index (χ4n) is 2.88. The average Bonchev–Trinajstić information content (AvgIpc) is 2.40. The number of aromatic hydroxyl groups is 1. The van der Waals surface area contributed by atoms with Crippen molar-refractivity contribution in [2.45, 2.75) is 19.9 Å². The van der Waals surface area contributed by atoms with Crippen LogP contribution in [0.15, 0.2) is 24.3 Å². The second-order valence-electron chi connectivity index (χ2n) is 5.93. The summed E-state index contributed by atoms with van der Waals surface area (Å²) < 4.78 is 0. The number of hydrogen-bond acceptors (Lipinski definition) is 4. The predicted molar refractivity (Wildman–Crippen MR) is 83.4 cm³/mol. The number of aliphatic hydroxyl groups is 1.